The maximum atomic E-state index is 12.9. The van der Waals surface area contributed by atoms with Gasteiger partial charge >= 0.3 is 0 Å². The highest BCUT2D eigenvalue weighted by Crippen LogP contribution is 2.39. The Morgan fingerprint density at radius 2 is 1.02 bits per heavy atom. The minimum atomic E-state index is -1.37. The summed E-state index contributed by atoms with van der Waals surface area (Å²) in [7, 11) is 0. The molecule has 0 aliphatic rings. The summed E-state index contributed by atoms with van der Waals surface area (Å²) in [5.74, 6) is -2.12. The van der Waals surface area contributed by atoms with Crippen molar-refractivity contribution in [2.24, 2.45) is 20.5 Å². The average Bonchev–Trinajstić information content (AvgIpc) is 3.02. The summed E-state index contributed by atoms with van der Waals surface area (Å²) < 4.78 is 0. The number of azo groups is 2. The second-order valence-corrected chi connectivity index (χ2v) is 12.1. The predicted molar refractivity (Wildman–Crippen MR) is 189 cm³/mol. The topological polar surface area (TPSA) is 142 Å². The fourth-order valence-corrected chi connectivity index (χ4v) is 5.34. The fourth-order valence-electron chi connectivity index (χ4n) is 4.65. The number of rotatable bonds is 11. The first-order valence-corrected chi connectivity index (χ1v) is 15.7. The number of nitrogens with zero attached hydrogens (tertiary/aromatic N) is 4. The number of amides is 2. The summed E-state index contributed by atoms with van der Waals surface area (Å²) in [5.41, 5.74) is 6.76. The summed E-state index contributed by atoms with van der Waals surface area (Å²) in [6, 6.07) is 18.0. The lowest BCUT2D eigenvalue weighted by Gasteiger charge is -2.13. The molecule has 2 atom stereocenters. The molecule has 0 saturated carbocycles. The van der Waals surface area contributed by atoms with Gasteiger partial charge in [-0.05, 0) is 106 Å². The Bertz CT molecular complexity index is 1930. The Morgan fingerprint density at radius 1 is 0.604 bits per heavy atom. The van der Waals surface area contributed by atoms with Gasteiger partial charge in [0.15, 0.2) is 11.6 Å². The number of halogens is 2. The monoisotopic (exact) mass is 684 g/mol. The van der Waals surface area contributed by atoms with Crippen molar-refractivity contribution in [2.75, 3.05) is 10.6 Å². The van der Waals surface area contributed by atoms with Crippen molar-refractivity contribution in [2.45, 2.75) is 53.6 Å². The molecule has 0 aliphatic heterocycles. The van der Waals surface area contributed by atoms with E-state index in [0.717, 1.165) is 22.3 Å². The van der Waals surface area contributed by atoms with Crippen molar-refractivity contribution in [1.29, 1.82) is 0 Å². The van der Waals surface area contributed by atoms with Crippen molar-refractivity contribution >= 4 is 69.3 Å². The molecule has 0 bridgehead atoms. The van der Waals surface area contributed by atoms with Gasteiger partial charge in [0.1, 0.15) is 0 Å². The molecule has 2 N–H and O–H groups in total. The normalized spacial score (nSPS) is 12.6. The maximum absolute atomic E-state index is 12.9. The molecule has 4 aromatic carbocycles. The number of ketones is 2. The van der Waals surface area contributed by atoms with Crippen molar-refractivity contribution < 1.29 is 19.2 Å². The Hall–Kier alpha value is -5.06. The van der Waals surface area contributed by atoms with Crippen molar-refractivity contribution in [3.05, 3.63) is 105 Å². The molecular formula is C36H34Cl2N6O4. The van der Waals surface area contributed by atoms with Crippen LogP contribution in [0.5, 0.6) is 0 Å². The van der Waals surface area contributed by atoms with E-state index < -0.39 is 35.5 Å². The van der Waals surface area contributed by atoms with Crippen LogP contribution < -0.4 is 10.6 Å². The van der Waals surface area contributed by atoms with Gasteiger partial charge in [-0.3, -0.25) is 19.2 Å². The number of aryl methyl sites for hydroxylation is 2. The largest absolute Gasteiger partial charge is 0.324 e. The summed E-state index contributed by atoms with van der Waals surface area (Å²) in [6.07, 6.45) is 0. The third-order valence-corrected chi connectivity index (χ3v) is 8.35. The predicted octanol–water partition coefficient (Wildman–Crippen LogP) is 9.25. The molecule has 0 aromatic heterocycles. The lowest BCUT2D eigenvalue weighted by Crippen LogP contribution is -2.32. The summed E-state index contributed by atoms with van der Waals surface area (Å²) >= 11 is 13.2. The molecule has 10 nitrogen and oxygen atoms in total. The van der Waals surface area contributed by atoms with Gasteiger partial charge in [-0.1, -0.05) is 59.6 Å². The van der Waals surface area contributed by atoms with Crippen LogP contribution in [0.1, 0.15) is 36.1 Å². The SMILES string of the molecule is CC(=O)C(N=Nc1ccc(-c2c(Cl)cc(N=NC(C(C)=O)C(=O)Nc3cccc(C)c3C)cc2Cl)cc1)C(=O)Nc1cccc(C)c1C. The van der Waals surface area contributed by atoms with E-state index in [1.54, 1.807) is 36.4 Å². The van der Waals surface area contributed by atoms with Crippen LogP contribution in [0, 0.1) is 27.7 Å². The second kappa shape index (κ2) is 15.7. The van der Waals surface area contributed by atoms with Crippen LogP contribution in [0.15, 0.2) is 93.3 Å². The van der Waals surface area contributed by atoms with Crippen molar-refractivity contribution in [3.8, 4) is 11.1 Å². The minimum absolute atomic E-state index is 0.249. The first-order chi connectivity index (χ1) is 22.8. The van der Waals surface area contributed by atoms with Gasteiger partial charge in [0.25, 0.3) is 11.8 Å². The lowest BCUT2D eigenvalue weighted by molar-refractivity contribution is -0.127. The molecule has 246 valence electrons. The molecule has 4 rings (SSSR count). The van der Waals surface area contributed by atoms with Gasteiger partial charge in [-0.25, -0.2) is 0 Å². The number of hydrogen-bond donors (Lipinski definition) is 2. The number of hydrogen-bond acceptors (Lipinski definition) is 8. The van der Waals surface area contributed by atoms with E-state index in [1.165, 1.54) is 26.0 Å². The van der Waals surface area contributed by atoms with E-state index in [4.69, 9.17) is 23.2 Å². The van der Waals surface area contributed by atoms with E-state index in [0.29, 0.717) is 28.2 Å². The molecule has 0 radical (unpaired) electrons. The van der Waals surface area contributed by atoms with Crippen LogP contribution in [0.25, 0.3) is 11.1 Å². The van der Waals surface area contributed by atoms with Gasteiger partial charge in [0.2, 0.25) is 12.1 Å². The Balaban J connectivity index is 1.48. The Morgan fingerprint density at radius 3 is 1.44 bits per heavy atom. The van der Waals surface area contributed by atoms with Gasteiger partial charge in [-0.15, -0.1) is 0 Å². The summed E-state index contributed by atoms with van der Waals surface area (Å²) in [6.45, 7) is 10.2. The minimum Gasteiger partial charge on any atom is -0.324 e. The standard InChI is InChI=1S/C36H34Cl2N6O4/c1-19-9-7-11-30(21(19)3)39-35(47)33(23(5)45)43-41-26-15-13-25(14-16-26)32-28(37)17-27(18-29(32)38)42-44-34(24(6)46)36(48)40-31-12-8-10-20(2)22(31)4/h7-18,33-34H,1-6H3,(H,39,47)(H,40,48). The molecule has 0 saturated heterocycles. The zero-order valence-corrected chi connectivity index (χ0v) is 28.8. The molecule has 0 aliphatic carbocycles. The van der Waals surface area contributed by atoms with Crippen molar-refractivity contribution in [3.63, 3.8) is 0 Å². The van der Waals surface area contributed by atoms with E-state index in [2.05, 4.69) is 31.1 Å². The maximum Gasteiger partial charge on any atom is 0.258 e. The molecule has 4 aromatic rings. The molecule has 2 unspecified atom stereocenters. The number of carbonyl (C=O) groups is 4. The lowest BCUT2D eigenvalue weighted by atomic mass is 10.0. The molecular weight excluding hydrogens is 651 g/mol. The number of Topliss-reactive ketones (excluding diaryl/α,β-unsaturated/α-hetero) is 2. The van der Waals surface area contributed by atoms with E-state index in [-0.39, 0.29) is 15.7 Å². The van der Waals surface area contributed by atoms with Gasteiger partial charge in [0, 0.05) is 16.9 Å². The number of anilines is 2. The van der Waals surface area contributed by atoms with Crippen LogP contribution in [-0.2, 0) is 19.2 Å². The molecule has 0 fully saturated rings. The van der Waals surface area contributed by atoms with Crippen molar-refractivity contribution in [1.82, 2.24) is 0 Å². The van der Waals surface area contributed by atoms with Crippen LogP contribution in [0.2, 0.25) is 10.0 Å². The van der Waals surface area contributed by atoms with Gasteiger partial charge in [0.05, 0.1) is 21.4 Å². The van der Waals surface area contributed by atoms with E-state index in [1.807, 2.05) is 52.0 Å². The van der Waals surface area contributed by atoms with Crippen LogP contribution >= 0.6 is 23.2 Å². The second-order valence-electron chi connectivity index (χ2n) is 11.3. The van der Waals surface area contributed by atoms with Crippen LogP contribution in [0.4, 0.5) is 22.7 Å². The number of carbonyl (C=O) groups excluding carboxylic acids is 4. The van der Waals surface area contributed by atoms with E-state index >= 15 is 0 Å². The first kappa shape index (κ1) is 35.8. The molecule has 48 heavy (non-hydrogen) atoms. The molecule has 0 spiro atoms. The zero-order chi connectivity index (χ0) is 35.1. The third kappa shape index (κ3) is 8.64. The Labute approximate surface area is 288 Å². The van der Waals surface area contributed by atoms with Crippen LogP contribution in [0.3, 0.4) is 0 Å². The quantitative estimate of drug-likeness (QED) is 0.120. The van der Waals surface area contributed by atoms with Crippen LogP contribution in [-0.4, -0.2) is 35.5 Å². The molecule has 2 amide bonds. The highest BCUT2D eigenvalue weighted by atomic mass is 35.5. The average molecular weight is 686 g/mol. The summed E-state index contributed by atoms with van der Waals surface area (Å²) in [5, 5.41) is 22.2. The molecule has 0 heterocycles. The highest BCUT2D eigenvalue weighted by Gasteiger charge is 2.25. The molecule has 12 heteroatoms. The first-order valence-electron chi connectivity index (χ1n) is 14.9. The highest BCUT2D eigenvalue weighted by molar-refractivity contribution is 6.39. The smallest absolute Gasteiger partial charge is 0.258 e. The zero-order valence-electron chi connectivity index (χ0n) is 27.3. The van der Waals surface area contributed by atoms with E-state index in [9.17, 15) is 19.2 Å². The van der Waals surface area contributed by atoms with Gasteiger partial charge in [-0.2, -0.15) is 20.5 Å². The third-order valence-electron chi connectivity index (χ3n) is 7.75. The summed E-state index contributed by atoms with van der Waals surface area (Å²) in [4.78, 5) is 50.3. The number of nitrogens with one attached hydrogen (secondary N) is 2. The fraction of sp³-hybridized carbons (Fsp3) is 0.222. The Kier molecular flexibility index (Phi) is 11.7. The number of benzene rings is 4. The van der Waals surface area contributed by atoms with Gasteiger partial charge < -0.3 is 10.6 Å².